The normalized spacial score (nSPS) is 11.4. The largest absolute Gasteiger partial charge is 0.471 e. The van der Waals surface area contributed by atoms with Gasteiger partial charge in [-0.25, -0.2) is 0 Å². The van der Waals surface area contributed by atoms with Crippen LogP contribution >= 0.6 is 23.2 Å². The van der Waals surface area contributed by atoms with Crippen molar-refractivity contribution in [1.82, 2.24) is 4.98 Å². The van der Waals surface area contributed by atoms with E-state index in [0.29, 0.717) is 21.7 Å². The molecule has 0 aliphatic heterocycles. The van der Waals surface area contributed by atoms with Crippen LogP contribution in [-0.4, -0.2) is 17.1 Å². The first-order chi connectivity index (χ1) is 7.89. The third kappa shape index (κ3) is 3.93. The smallest absolute Gasteiger partial charge is 0.235 e. The molecule has 0 bridgehead atoms. The Morgan fingerprint density at radius 1 is 1.29 bits per heavy atom. The summed E-state index contributed by atoms with van der Waals surface area (Å²) in [6, 6.07) is 1.65. The number of hydrogen-bond donors (Lipinski definition) is 1. The number of rotatable bonds is 5. The maximum atomic E-state index is 6.06. The molecular weight excluding hydrogens is 259 g/mol. The van der Waals surface area contributed by atoms with Crippen molar-refractivity contribution in [1.29, 1.82) is 0 Å². The molecule has 3 nitrogen and oxygen atoms in total. The first-order valence-corrected chi connectivity index (χ1v) is 6.44. The van der Waals surface area contributed by atoms with E-state index in [1.807, 2.05) is 20.8 Å². The Balaban J connectivity index is 3.03. The Hall–Kier alpha value is -0.670. The molecule has 0 fully saturated rings. The molecule has 0 unspecified atom stereocenters. The van der Waals surface area contributed by atoms with E-state index in [-0.39, 0.29) is 5.60 Å². The predicted molar refractivity (Wildman–Crippen MR) is 73.4 cm³/mol. The minimum atomic E-state index is -0.298. The highest BCUT2D eigenvalue weighted by Crippen LogP contribution is 2.33. The summed E-state index contributed by atoms with van der Waals surface area (Å²) in [5.74, 6) is 1.01. The fraction of sp³-hybridized carbons (Fsp3) is 0.583. The summed E-state index contributed by atoms with van der Waals surface area (Å²) in [6.07, 6.45) is 0.865. The second-order valence-corrected chi connectivity index (χ2v) is 5.17. The maximum Gasteiger partial charge on any atom is 0.235 e. The Bertz CT molecular complexity index is 394. The molecule has 0 amide bonds. The summed E-state index contributed by atoms with van der Waals surface area (Å²) in [7, 11) is 0. The predicted octanol–water partition coefficient (Wildman–Crippen LogP) is 4.39. The Kier molecular flexibility index (Phi) is 4.90. The lowest BCUT2D eigenvalue weighted by molar-refractivity contribution is 0.0994. The van der Waals surface area contributed by atoms with E-state index < -0.39 is 0 Å². The molecule has 0 aromatic carbocycles. The van der Waals surface area contributed by atoms with Crippen LogP contribution < -0.4 is 10.1 Å². The molecule has 0 radical (unpaired) electrons. The highest BCUT2D eigenvalue weighted by molar-refractivity contribution is 6.36. The van der Waals surface area contributed by atoms with E-state index in [1.165, 1.54) is 0 Å². The van der Waals surface area contributed by atoms with Crippen LogP contribution in [0.1, 0.15) is 34.1 Å². The average Bonchev–Trinajstić information content (AvgIpc) is 2.25. The molecule has 5 heteroatoms. The van der Waals surface area contributed by atoms with Crippen LogP contribution in [0.5, 0.6) is 5.88 Å². The van der Waals surface area contributed by atoms with Gasteiger partial charge in [0.05, 0.1) is 5.02 Å². The molecule has 1 N–H and O–H groups in total. The van der Waals surface area contributed by atoms with E-state index >= 15 is 0 Å². The Morgan fingerprint density at radius 2 is 1.94 bits per heavy atom. The minimum Gasteiger partial charge on any atom is -0.471 e. The summed E-state index contributed by atoms with van der Waals surface area (Å²) in [4.78, 5) is 4.30. The van der Waals surface area contributed by atoms with Crippen molar-refractivity contribution in [2.24, 2.45) is 0 Å². The van der Waals surface area contributed by atoms with Gasteiger partial charge in [-0.1, -0.05) is 30.1 Å². The molecule has 0 aliphatic rings. The van der Waals surface area contributed by atoms with Crippen LogP contribution in [0.3, 0.4) is 0 Å². The maximum absolute atomic E-state index is 6.06. The summed E-state index contributed by atoms with van der Waals surface area (Å²) in [6.45, 7) is 8.75. The number of hydrogen-bond acceptors (Lipinski definition) is 3. The van der Waals surface area contributed by atoms with Crippen LogP contribution in [0.15, 0.2) is 6.07 Å². The number of ether oxygens (including phenoxy) is 1. The van der Waals surface area contributed by atoms with Crippen molar-refractivity contribution < 1.29 is 4.74 Å². The van der Waals surface area contributed by atoms with Gasteiger partial charge >= 0.3 is 0 Å². The zero-order valence-electron chi connectivity index (χ0n) is 10.6. The molecule has 0 spiro atoms. The molecule has 1 heterocycles. The lowest BCUT2D eigenvalue weighted by atomic mass is 10.1. The highest BCUT2D eigenvalue weighted by atomic mass is 35.5. The molecular formula is C12H18Cl2N2O. The van der Waals surface area contributed by atoms with Gasteiger partial charge in [0.15, 0.2) is 0 Å². The standard InChI is InChI=1S/C12H18Cl2N2O/c1-5-12(3,4)17-11-9(14)7-8(13)10(16-11)15-6-2/h7H,5-6H2,1-4H3,(H,15,16). The third-order valence-corrected chi connectivity index (χ3v) is 3.02. The van der Waals surface area contributed by atoms with Crippen LogP contribution in [0, 0.1) is 0 Å². The van der Waals surface area contributed by atoms with E-state index in [4.69, 9.17) is 27.9 Å². The first kappa shape index (κ1) is 14.4. The molecule has 0 aliphatic carbocycles. The minimum absolute atomic E-state index is 0.298. The lowest BCUT2D eigenvalue weighted by Gasteiger charge is -2.25. The summed E-state index contributed by atoms with van der Waals surface area (Å²) < 4.78 is 5.78. The van der Waals surface area contributed by atoms with Crippen molar-refractivity contribution in [2.45, 2.75) is 39.7 Å². The van der Waals surface area contributed by atoms with Crippen molar-refractivity contribution in [3.63, 3.8) is 0 Å². The van der Waals surface area contributed by atoms with E-state index in [2.05, 4.69) is 17.2 Å². The van der Waals surface area contributed by atoms with Gasteiger partial charge in [-0.3, -0.25) is 0 Å². The van der Waals surface area contributed by atoms with Gasteiger partial charge < -0.3 is 10.1 Å². The molecule has 0 saturated carbocycles. The van der Waals surface area contributed by atoms with Gasteiger partial charge in [-0.2, -0.15) is 4.98 Å². The summed E-state index contributed by atoms with van der Waals surface area (Å²) in [5, 5.41) is 3.99. The second kappa shape index (κ2) is 5.78. The number of nitrogens with zero attached hydrogens (tertiary/aromatic N) is 1. The second-order valence-electron chi connectivity index (χ2n) is 4.35. The zero-order chi connectivity index (χ0) is 13.1. The molecule has 1 aromatic heterocycles. The Morgan fingerprint density at radius 3 is 2.47 bits per heavy atom. The number of aromatic nitrogens is 1. The number of anilines is 1. The van der Waals surface area contributed by atoms with E-state index in [0.717, 1.165) is 13.0 Å². The molecule has 0 atom stereocenters. The van der Waals surface area contributed by atoms with Crippen LogP contribution in [-0.2, 0) is 0 Å². The van der Waals surface area contributed by atoms with Crippen LogP contribution in [0.25, 0.3) is 0 Å². The van der Waals surface area contributed by atoms with Gasteiger partial charge in [0.1, 0.15) is 16.4 Å². The average molecular weight is 277 g/mol. The zero-order valence-corrected chi connectivity index (χ0v) is 12.1. The van der Waals surface area contributed by atoms with Crippen molar-refractivity contribution in [3.8, 4) is 5.88 Å². The number of pyridine rings is 1. The van der Waals surface area contributed by atoms with Crippen LogP contribution in [0.2, 0.25) is 10.0 Å². The fourth-order valence-corrected chi connectivity index (χ4v) is 1.61. The molecule has 1 aromatic rings. The van der Waals surface area contributed by atoms with Gasteiger partial charge in [0.25, 0.3) is 0 Å². The van der Waals surface area contributed by atoms with E-state index in [1.54, 1.807) is 6.07 Å². The lowest BCUT2D eigenvalue weighted by Crippen LogP contribution is -2.27. The summed E-state index contributed by atoms with van der Waals surface area (Å²) in [5.41, 5.74) is -0.298. The third-order valence-electron chi connectivity index (χ3n) is 2.47. The van der Waals surface area contributed by atoms with Crippen molar-refractivity contribution in [3.05, 3.63) is 16.1 Å². The first-order valence-electron chi connectivity index (χ1n) is 5.68. The highest BCUT2D eigenvalue weighted by Gasteiger charge is 2.20. The quantitative estimate of drug-likeness (QED) is 0.866. The van der Waals surface area contributed by atoms with Crippen LogP contribution in [0.4, 0.5) is 5.82 Å². The SMILES string of the molecule is CCNc1nc(OC(C)(C)CC)c(Cl)cc1Cl. The van der Waals surface area contributed by atoms with Gasteiger partial charge in [-0.05, 0) is 33.3 Å². The fourth-order valence-electron chi connectivity index (χ4n) is 1.15. The molecule has 1 rings (SSSR count). The molecule has 0 saturated heterocycles. The molecule has 96 valence electrons. The summed E-state index contributed by atoms with van der Waals surface area (Å²) >= 11 is 12.1. The van der Waals surface area contributed by atoms with Crippen molar-refractivity contribution in [2.75, 3.05) is 11.9 Å². The monoisotopic (exact) mass is 276 g/mol. The Labute approximate surface area is 112 Å². The van der Waals surface area contributed by atoms with Gasteiger partial charge in [0.2, 0.25) is 5.88 Å². The van der Waals surface area contributed by atoms with Gasteiger partial charge in [-0.15, -0.1) is 0 Å². The number of halogens is 2. The van der Waals surface area contributed by atoms with Crippen molar-refractivity contribution >= 4 is 29.0 Å². The molecule has 17 heavy (non-hydrogen) atoms. The van der Waals surface area contributed by atoms with Gasteiger partial charge in [0, 0.05) is 6.54 Å². The number of nitrogens with one attached hydrogen (secondary N) is 1. The van der Waals surface area contributed by atoms with E-state index in [9.17, 15) is 0 Å². The topological polar surface area (TPSA) is 34.2 Å².